The number of rotatable bonds is 3. The Labute approximate surface area is 205 Å². The molecule has 2 heteroatoms. The molecular formula is C32H40O2. The summed E-state index contributed by atoms with van der Waals surface area (Å²) in [7, 11) is 0. The lowest BCUT2D eigenvalue weighted by Gasteiger charge is -2.42. The van der Waals surface area contributed by atoms with Gasteiger partial charge in [-0.1, -0.05) is 84.0 Å². The molecular weight excluding hydrogens is 416 g/mol. The van der Waals surface area contributed by atoms with Crippen LogP contribution in [0.25, 0.3) is 11.1 Å². The molecule has 0 atom stereocenters. The number of aliphatic hydroxyl groups is 1. The fraction of sp³-hybridized carbons (Fsp3) is 0.469. The normalized spacial score (nSPS) is 21.4. The molecule has 2 aromatic rings. The Kier molecular flexibility index (Phi) is 5.95. The minimum absolute atomic E-state index is 0.0307. The van der Waals surface area contributed by atoms with Crippen LogP contribution in [0.15, 0.2) is 48.2 Å². The van der Waals surface area contributed by atoms with Crippen LogP contribution in [0.4, 0.5) is 0 Å². The Morgan fingerprint density at radius 1 is 0.882 bits per heavy atom. The fourth-order valence-electron chi connectivity index (χ4n) is 5.92. The highest BCUT2D eigenvalue weighted by Gasteiger charge is 2.38. The number of carbonyl (C=O) groups excluding carboxylic acids is 1. The first-order valence-electron chi connectivity index (χ1n) is 12.6. The summed E-state index contributed by atoms with van der Waals surface area (Å²) in [6.45, 7) is 17.8. The van der Waals surface area contributed by atoms with Gasteiger partial charge in [0.1, 0.15) is 5.76 Å². The monoisotopic (exact) mass is 456 g/mol. The summed E-state index contributed by atoms with van der Waals surface area (Å²) in [5.41, 5.74) is 9.33. The first-order valence-corrected chi connectivity index (χ1v) is 12.6. The Bertz CT molecular complexity index is 1200. The lowest BCUT2D eigenvalue weighted by Crippen LogP contribution is -2.34. The van der Waals surface area contributed by atoms with Crippen LogP contribution < -0.4 is 0 Å². The molecule has 0 aromatic heterocycles. The van der Waals surface area contributed by atoms with Crippen molar-refractivity contribution >= 4 is 16.9 Å². The van der Waals surface area contributed by atoms with Crippen molar-refractivity contribution in [3.8, 4) is 0 Å². The summed E-state index contributed by atoms with van der Waals surface area (Å²) in [6, 6.07) is 13.0. The molecule has 2 aliphatic carbocycles. The van der Waals surface area contributed by atoms with Gasteiger partial charge < -0.3 is 5.11 Å². The van der Waals surface area contributed by atoms with Crippen LogP contribution in [0, 0.1) is 12.3 Å². The Morgan fingerprint density at radius 3 is 1.97 bits per heavy atom. The highest BCUT2D eigenvalue weighted by molar-refractivity contribution is 6.22. The van der Waals surface area contributed by atoms with Crippen LogP contribution >= 0.6 is 0 Å². The van der Waals surface area contributed by atoms with Gasteiger partial charge in [0.2, 0.25) is 0 Å². The van der Waals surface area contributed by atoms with Crippen LogP contribution in [-0.2, 0) is 15.6 Å². The molecule has 0 bridgehead atoms. The van der Waals surface area contributed by atoms with E-state index in [1.165, 1.54) is 40.7 Å². The summed E-state index contributed by atoms with van der Waals surface area (Å²) >= 11 is 0. The van der Waals surface area contributed by atoms with Crippen molar-refractivity contribution in [3.05, 3.63) is 81.6 Å². The van der Waals surface area contributed by atoms with E-state index >= 15 is 0 Å². The van der Waals surface area contributed by atoms with Gasteiger partial charge in [0.05, 0.1) is 5.57 Å². The van der Waals surface area contributed by atoms with Crippen molar-refractivity contribution in [1.29, 1.82) is 0 Å². The molecule has 0 saturated heterocycles. The zero-order valence-corrected chi connectivity index (χ0v) is 22.2. The Hall–Kier alpha value is -2.61. The van der Waals surface area contributed by atoms with E-state index in [4.69, 9.17) is 0 Å². The minimum Gasteiger partial charge on any atom is -0.512 e. The molecule has 0 heterocycles. The second kappa shape index (κ2) is 8.26. The molecule has 2 aromatic carbocycles. The van der Waals surface area contributed by atoms with Crippen LogP contribution in [0.2, 0.25) is 0 Å². The smallest absolute Gasteiger partial charge is 0.167 e. The molecule has 1 N–H and O–H groups in total. The molecule has 2 aliphatic rings. The van der Waals surface area contributed by atoms with Gasteiger partial charge in [0.25, 0.3) is 0 Å². The van der Waals surface area contributed by atoms with Crippen molar-refractivity contribution in [3.63, 3.8) is 0 Å². The van der Waals surface area contributed by atoms with Crippen LogP contribution in [-0.4, -0.2) is 10.9 Å². The number of carbonyl (C=O) groups is 1. The predicted molar refractivity (Wildman–Crippen MR) is 143 cm³/mol. The number of fused-ring (bicyclic) bond motifs is 1. The standard InChI is InChI=1S/C32H40O2/c1-9-23(24-17-26-25(16-20(24)2)31(5,6)14-15-32(26,7)8)21-10-12-22(13-11-21)29-27(33)18-30(3,4)19-28(29)34/h9-13,16-17,33H,14-15,18-19H2,1-8H3/b23-9+. The third-order valence-corrected chi connectivity index (χ3v) is 8.11. The average molecular weight is 457 g/mol. The molecule has 2 nitrogen and oxygen atoms in total. The van der Waals surface area contributed by atoms with Gasteiger partial charge in [-0.05, 0) is 81.9 Å². The van der Waals surface area contributed by atoms with Gasteiger partial charge in [-0.25, -0.2) is 0 Å². The number of aryl methyl sites for hydroxylation is 1. The van der Waals surface area contributed by atoms with Crippen LogP contribution in [0.1, 0.15) is 108 Å². The molecule has 0 spiro atoms. The maximum atomic E-state index is 12.8. The van der Waals surface area contributed by atoms with Crippen LogP contribution in [0.3, 0.4) is 0 Å². The van der Waals surface area contributed by atoms with E-state index in [1.54, 1.807) is 0 Å². The number of aliphatic hydroxyl groups excluding tert-OH is 1. The van der Waals surface area contributed by atoms with E-state index in [1.807, 2.05) is 26.0 Å². The first kappa shape index (κ1) is 24.5. The molecule has 0 aliphatic heterocycles. The summed E-state index contributed by atoms with van der Waals surface area (Å²) in [5, 5.41) is 10.6. The van der Waals surface area contributed by atoms with E-state index in [0.29, 0.717) is 18.4 Å². The lowest BCUT2D eigenvalue weighted by molar-refractivity contribution is -0.116. The van der Waals surface area contributed by atoms with Gasteiger partial charge >= 0.3 is 0 Å². The van der Waals surface area contributed by atoms with Gasteiger partial charge in [0.15, 0.2) is 5.78 Å². The van der Waals surface area contributed by atoms with Crippen LogP contribution in [0.5, 0.6) is 0 Å². The summed E-state index contributed by atoms with van der Waals surface area (Å²) in [5.74, 6) is 0.249. The molecule has 0 unspecified atom stereocenters. The maximum absolute atomic E-state index is 12.8. The average Bonchev–Trinajstić information content (AvgIpc) is 2.72. The third kappa shape index (κ3) is 4.28. The summed E-state index contributed by atoms with van der Waals surface area (Å²) in [4.78, 5) is 12.8. The molecule has 180 valence electrons. The topological polar surface area (TPSA) is 37.3 Å². The number of Topliss-reactive ketones (excluding diaryl/α,β-unsaturated/α-hetero) is 1. The summed E-state index contributed by atoms with van der Waals surface area (Å²) < 4.78 is 0. The molecule has 0 radical (unpaired) electrons. The third-order valence-electron chi connectivity index (χ3n) is 8.11. The van der Waals surface area contributed by atoms with Crippen molar-refractivity contribution < 1.29 is 9.90 Å². The second-order valence-electron chi connectivity index (χ2n) is 12.5. The Balaban J connectivity index is 1.74. The van der Waals surface area contributed by atoms with E-state index in [-0.39, 0.29) is 27.8 Å². The van der Waals surface area contributed by atoms with Gasteiger partial charge in [-0.2, -0.15) is 0 Å². The number of ketones is 1. The van der Waals surface area contributed by atoms with Crippen molar-refractivity contribution in [2.75, 3.05) is 0 Å². The quantitative estimate of drug-likeness (QED) is 0.503. The van der Waals surface area contributed by atoms with E-state index in [2.05, 4.69) is 71.9 Å². The number of benzene rings is 2. The predicted octanol–water partition coefficient (Wildman–Crippen LogP) is 8.45. The minimum atomic E-state index is -0.185. The number of allylic oxidation sites excluding steroid dienone is 3. The molecule has 0 amide bonds. The van der Waals surface area contributed by atoms with Gasteiger partial charge in [-0.3, -0.25) is 4.79 Å². The van der Waals surface area contributed by atoms with Crippen molar-refractivity contribution in [1.82, 2.24) is 0 Å². The van der Waals surface area contributed by atoms with Crippen molar-refractivity contribution in [2.45, 2.75) is 91.9 Å². The molecule has 4 rings (SSSR count). The zero-order chi connectivity index (χ0) is 25.1. The fourth-order valence-corrected chi connectivity index (χ4v) is 5.92. The molecule has 0 fully saturated rings. The highest BCUT2D eigenvalue weighted by Crippen LogP contribution is 2.47. The van der Waals surface area contributed by atoms with E-state index < -0.39 is 0 Å². The largest absolute Gasteiger partial charge is 0.512 e. The maximum Gasteiger partial charge on any atom is 0.167 e. The first-order chi connectivity index (χ1) is 15.8. The Morgan fingerprint density at radius 2 is 1.44 bits per heavy atom. The summed E-state index contributed by atoms with van der Waals surface area (Å²) in [6.07, 6.45) is 5.60. The molecule has 0 saturated carbocycles. The number of hydrogen-bond acceptors (Lipinski definition) is 2. The highest BCUT2D eigenvalue weighted by atomic mass is 16.3. The van der Waals surface area contributed by atoms with E-state index in [0.717, 1.165) is 11.1 Å². The SMILES string of the molecule is C/C=C(\c1ccc(C2=C(O)CC(C)(C)CC2=O)cc1)c1cc2c(cc1C)C(C)(C)CCC2(C)C. The lowest BCUT2D eigenvalue weighted by atomic mass is 9.62. The second-order valence-corrected chi connectivity index (χ2v) is 12.5. The van der Waals surface area contributed by atoms with Gasteiger partial charge in [0, 0.05) is 12.8 Å². The van der Waals surface area contributed by atoms with Crippen molar-refractivity contribution in [2.24, 2.45) is 5.41 Å². The molecule has 34 heavy (non-hydrogen) atoms. The van der Waals surface area contributed by atoms with E-state index in [9.17, 15) is 9.90 Å². The van der Waals surface area contributed by atoms with Gasteiger partial charge in [-0.15, -0.1) is 0 Å². The zero-order valence-electron chi connectivity index (χ0n) is 22.2. The number of hydrogen-bond donors (Lipinski definition) is 1.